The smallest absolute Gasteiger partial charge is 0.253 e. The fraction of sp³-hybridized carbons (Fsp3) is 0.417. The maximum absolute atomic E-state index is 13.0. The third-order valence-electron chi connectivity index (χ3n) is 5.68. The Hall–Kier alpha value is -3.47. The molecule has 0 unspecified atom stereocenters. The molecule has 2 aromatic heterocycles. The topological polar surface area (TPSA) is 109 Å². The minimum absolute atomic E-state index is 0.0119. The van der Waals surface area contributed by atoms with Gasteiger partial charge in [-0.2, -0.15) is 0 Å². The van der Waals surface area contributed by atoms with Crippen molar-refractivity contribution in [3.63, 3.8) is 0 Å². The number of aryl methyl sites for hydroxylation is 2. The predicted octanol–water partition coefficient (Wildman–Crippen LogP) is 2.73. The maximum atomic E-state index is 13.0. The van der Waals surface area contributed by atoms with Crippen LogP contribution in [-0.4, -0.2) is 73.4 Å². The molecule has 1 saturated heterocycles. The number of hydrogen-bond donors (Lipinski definition) is 1. The normalized spacial score (nSPS) is 13.9. The minimum Gasteiger partial charge on any atom is -0.353 e. The number of nitrogens with one attached hydrogen (secondary N) is 1. The summed E-state index contributed by atoms with van der Waals surface area (Å²) in [6, 6.07) is 9.02. The Morgan fingerprint density at radius 1 is 1.09 bits per heavy atom. The first kappa shape index (κ1) is 24.6. The van der Waals surface area contributed by atoms with Crippen LogP contribution in [0.15, 0.2) is 41.8 Å². The minimum atomic E-state index is -0.145. The maximum Gasteiger partial charge on any atom is 0.253 e. The summed E-state index contributed by atoms with van der Waals surface area (Å²) in [6.45, 7) is 8.84. The van der Waals surface area contributed by atoms with Gasteiger partial charge >= 0.3 is 0 Å². The van der Waals surface area contributed by atoms with Gasteiger partial charge in [-0.1, -0.05) is 25.6 Å². The molecule has 3 aromatic rings. The van der Waals surface area contributed by atoms with Crippen LogP contribution in [0.5, 0.6) is 0 Å². The molecule has 0 radical (unpaired) electrons. The van der Waals surface area contributed by atoms with Gasteiger partial charge in [-0.3, -0.25) is 9.59 Å². The van der Waals surface area contributed by atoms with Gasteiger partial charge in [-0.15, -0.1) is 10.2 Å². The molecule has 1 aromatic carbocycles. The van der Waals surface area contributed by atoms with E-state index in [1.165, 1.54) is 11.8 Å². The van der Waals surface area contributed by atoms with Crippen LogP contribution in [0.4, 0.5) is 11.5 Å². The van der Waals surface area contributed by atoms with Crippen LogP contribution in [0.25, 0.3) is 0 Å². The zero-order chi connectivity index (χ0) is 24.9. The molecule has 0 atom stereocenters. The van der Waals surface area contributed by atoms with E-state index in [1.54, 1.807) is 35.2 Å². The zero-order valence-corrected chi connectivity index (χ0v) is 21.2. The molecule has 0 saturated carbocycles. The van der Waals surface area contributed by atoms with Crippen molar-refractivity contribution < 1.29 is 9.59 Å². The summed E-state index contributed by atoms with van der Waals surface area (Å²) in [4.78, 5) is 38.6. The molecule has 0 aliphatic carbocycles. The monoisotopic (exact) mass is 494 g/mol. The van der Waals surface area contributed by atoms with Crippen LogP contribution in [0.3, 0.4) is 0 Å². The first-order valence-corrected chi connectivity index (χ1v) is 12.5. The lowest BCUT2D eigenvalue weighted by atomic mass is 10.1. The molecule has 35 heavy (non-hydrogen) atoms. The van der Waals surface area contributed by atoms with E-state index in [1.807, 2.05) is 24.9 Å². The van der Waals surface area contributed by atoms with Crippen molar-refractivity contribution in [2.45, 2.75) is 31.8 Å². The number of rotatable bonds is 7. The van der Waals surface area contributed by atoms with Crippen molar-refractivity contribution >= 4 is 35.1 Å². The molecule has 10 nitrogen and oxygen atoms in total. The summed E-state index contributed by atoms with van der Waals surface area (Å²) < 4.78 is 1.76. The number of thioether (sulfide) groups is 1. The molecule has 0 spiro atoms. The van der Waals surface area contributed by atoms with Gasteiger partial charge in [-0.05, 0) is 31.2 Å². The van der Waals surface area contributed by atoms with E-state index >= 15 is 0 Å². The number of piperazine rings is 1. The average molecular weight is 495 g/mol. The third kappa shape index (κ3) is 6.16. The number of aromatic nitrogens is 5. The van der Waals surface area contributed by atoms with Crippen LogP contribution in [0.2, 0.25) is 0 Å². The summed E-state index contributed by atoms with van der Waals surface area (Å²) in [5.41, 5.74) is 2.21. The second kappa shape index (κ2) is 10.9. The van der Waals surface area contributed by atoms with E-state index < -0.39 is 0 Å². The van der Waals surface area contributed by atoms with E-state index in [0.29, 0.717) is 29.5 Å². The molecular formula is C24H30N8O2S. The quantitative estimate of drug-likeness (QED) is 0.500. The van der Waals surface area contributed by atoms with E-state index in [-0.39, 0.29) is 23.5 Å². The van der Waals surface area contributed by atoms with Gasteiger partial charge in [-0.25, -0.2) is 9.97 Å². The van der Waals surface area contributed by atoms with Gasteiger partial charge in [0.1, 0.15) is 18.0 Å². The number of hydrogen-bond acceptors (Lipinski definition) is 8. The van der Waals surface area contributed by atoms with Gasteiger partial charge in [0.25, 0.3) is 5.91 Å². The Morgan fingerprint density at radius 3 is 2.43 bits per heavy atom. The number of benzene rings is 1. The fourth-order valence-corrected chi connectivity index (χ4v) is 4.43. The SMILES string of the molecule is Cc1cc(N2CCN(C(=O)c3ccc(NC(=O)CSc4nncn4C)cc3)CC2)nc(C(C)C)n1. The Labute approximate surface area is 209 Å². The van der Waals surface area contributed by atoms with Crippen molar-refractivity contribution in [2.24, 2.45) is 7.05 Å². The molecule has 11 heteroatoms. The van der Waals surface area contributed by atoms with Crippen LogP contribution < -0.4 is 10.2 Å². The lowest BCUT2D eigenvalue weighted by Crippen LogP contribution is -2.49. The molecule has 1 aliphatic rings. The number of carbonyl (C=O) groups is 2. The highest BCUT2D eigenvalue weighted by atomic mass is 32.2. The summed E-state index contributed by atoms with van der Waals surface area (Å²) >= 11 is 1.31. The van der Waals surface area contributed by atoms with Crippen molar-refractivity contribution in [2.75, 3.05) is 42.1 Å². The van der Waals surface area contributed by atoms with Crippen molar-refractivity contribution in [1.82, 2.24) is 29.6 Å². The molecule has 2 amide bonds. The van der Waals surface area contributed by atoms with Crippen LogP contribution in [-0.2, 0) is 11.8 Å². The lowest BCUT2D eigenvalue weighted by Gasteiger charge is -2.35. The van der Waals surface area contributed by atoms with Gasteiger partial charge in [0.15, 0.2) is 5.16 Å². The molecule has 0 bridgehead atoms. The van der Waals surface area contributed by atoms with Gasteiger partial charge in [0.2, 0.25) is 5.91 Å². The molecule has 184 valence electrons. The first-order chi connectivity index (χ1) is 16.8. The number of amides is 2. The standard InChI is InChI=1S/C24H30N8O2S/c1-16(2)22-26-17(3)13-20(28-22)31-9-11-32(12-10-31)23(34)18-5-7-19(8-6-18)27-21(33)14-35-24-29-25-15-30(24)4/h5-8,13,15-16H,9-12,14H2,1-4H3,(H,27,33). The molecule has 4 rings (SSSR count). The van der Waals surface area contributed by atoms with E-state index in [9.17, 15) is 9.59 Å². The second-order valence-corrected chi connectivity index (χ2v) is 9.74. The first-order valence-electron chi connectivity index (χ1n) is 11.6. The van der Waals surface area contributed by atoms with Gasteiger partial charge in [0.05, 0.1) is 5.75 Å². The van der Waals surface area contributed by atoms with Crippen molar-refractivity contribution in [3.05, 3.63) is 53.7 Å². The average Bonchev–Trinajstić information content (AvgIpc) is 3.27. The van der Waals surface area contributed by atoms with E-state index in [2.05, 4.69) is 39.2 Å². The Bertz CT molecular complexity index is 1190. The Balaban J connectivity index is 1.29. The summed E-state index contributed by atoms with van der Waals surface area (Å²) in [6.07, 6.45) is 1.59. The molecule has 1 fully saturated rings. The molecular weight excluding hydrogens is 464 g/mol. The lowest BCUT2D eigenvalue weighted by molar-refractivity contribution is -0.113. The Kier molecular flexibility index (Phi) is 7.64. The summed E-state index contributed by atoms with van der Waals surface area (Å²) in [7, 11) is 1.83. The highest BCUT2D eigenvalue weighted by Crippen LogP contribution is 2.20. The highest BCUT2D eigenvalue weighted by Gasteiger charge is 2.23. The van der Waals surface area contributed by atoms with Gasteiger partial charge < -0.3 is 19.7 Å². The van der Waals surface area contributed by atoms with E-state index in [0.717, 1.165) is 30.4 Å². The van der Waals surface area contributed by atoms with E-state index in [4.69, 9.17) is 4.98 Å². The predicted molar refractivity (Wildman–Crippen MR) is 136 cm³/mol. The fourth-order valence-electron chi connectivity index (χ4n) is 3.74. The molecule has 1 aliphatic heterocycles. The largest absolute Gasteiger partial charge is 0.353 e. The second-order valence-electron chi connectivity index (χ2n) is 8.80. The van der Waals surface area contributed by atoms with Crippen LogP contribution in [0.1, 0.15) is 41.6 Å². The molecule has 1 N–H and O–H groups in total. The molecule has 3 heterocycles. The van der Waals surface area contributed by atoms with Crippen molar-refractivity contribution in [3.8, 4) is 0 Å². The highest BCUT2D eigenvalue weighted by molar-refractivity contribution is 7.99. The number of anilines is 2. The zero-order valence-electron chi connectivity index (χ0n) is 20.4. The van der Waals surface area contributed by atoms with Gasteiger partial charge in [0, 0.05) is 62.2 Å². The summed E-state index contributed by atoms with van der Waals surface area (Å²) in [5, 5.41) is 11.3. The third-order valence-corrected chi connectivity index (χ3v) is 6.72. The van der Waals surface area contributed by atoms with Crippen molar-refractivity contribution in [1.29, 1.82) is 0 Å². The Morgan fingerprint density at radius 2 is 1.80 bits per heavy atom. The summed E-state index contributed by atoms with van der Waals surface area (Å²) in [5.74, 6) is 2.10. The number of nitrogens with zero attached hydrogens (tertiary/aromatic N) is 7. The number of carbonyl (C=O) groups excluding carboxylic acids is 2. The van der Waals surface area contributed by atoms with Crippen LogP contribution >= 0.6 is 11.8 Å². The van der Waals surface area contributed by atoms with Crippen LogP contribution in [0, 0.1) is 6.92 Å².